The number of unbranched alkanes of at least 4 members (excludes halogenated alkanes) is 2. The topological polar surface area (TPSA) is 99.9 Å². The SMILES string of the molecule is CCC(=O)CCCCC[C@H](NC(=O)Cc1c(C)[nH]c2ccc(OC)cc12)c1ncc(-c2ccc(Cl)cc2)[nH]1. The Bertz CT molecular complexity index is 1390. The third-order valence-corrected chi connectivity index (χ3v) is 7.17. The fraction of sp³-hybridized carbons (Fsp3) is 0.367. The molecule has 0 aliphatic heterocycles. The molecular formula is C30H35ClN4O3. The molecule has 0 saturated carbocycles. The summed E-state index contributed by atoms with van der Waals surface area (Å²) in [6.45, 7) is 3.88. The number of amides is 1. The predicted octanol–water partition coefficient (Wildman–Crippen LogP) is 6.86. The molecule has 1 amide bonds. The molecule has 200 valence electrons. The highest BCUT2D eigenvalue weighted by atomic mass is 35.5. The molecule has 0 bridgehead atoms. The van der Waals surface area contributed by atoms with Gasteiger partial charge >= 0.3 is 0 Å². The smallest absolute Gasteiger partial charge is 0.225 e. The van der Waals surface area contributed by atoms with Crippen LogP contribution in [0.4, 0.5) is 0 Å². The van der Waals surface area contributed by atoms with Crippen molar-refractivity contribution in [3.05, 3.63) is 70.8 Å². The second-order valence-corrected chi connectivity index (χ2v) is 10.1. The van der Waals surface area contributed by atoms with Crippen LogP contribution in [-0.4, -0.2) is 33.8 Å². The standard InChI is InChI=1S/C30H35ClN4O3/c1-4-22(36)8-6-5-7-9-27(30-32-18-28(35-30)20-10-12-21(31)13-11-20)34-29(37)17-24-19(2)33-26-15-14-23(38-3)16-25(24)26/h10-16,18,27,33H,4-9,17H2,1-3H3,(H,32,35)(H,34,37)/t27-/m0/s1. The lowest BCUT2D eigenvalue weighted by Gasteiger charge is -2.17. The monoisotopic (exact) mass is 534 g/mol. The molecular weight excluding hydrogens is 500 g/mol. The number of methoxy groups -OCH3 is 1. The largest absolute Gasteiger partial charge is 0.497 e. The summed E-state index contributed by atoms with van der Waals surface area (Å²) in [6, 6.07) is 13.1. The summed E-state index contributed by atoms with van der Waals surface area (Å²) in [6.07, 6.45) is 6.60. The van der Waals surface area contributed by atoms with Crippen molar-refractivity contribution in [2.45, 2.75) is 64.8 Å². The van der Waals surface area contributed by atoms with Gasteiger partial charge in [-0.1, -0.05) is 43.5 Å². The quantitative estimate of drug-likeness (QED) is 0.163. The number of aryl methyl sites for hydroxylation is 1. The van der Waals surface area contributed by atoms with Gasteiger partial charge in [0.15, 0.2) is 0 Å². The fourth-order valence-corrected chi connectivity index (χ4v) is 4.84. The Hall–Kier alpha value is -3.58. The number of hydrogen-bond acceptors (Lipinski definition) is 4. The van der Waals surface area contributed by atoms with Gasteiger partial charge in [-0.05, 0) is 61.2 Å². The summed E-state index contributed by atoms with van der Waals surface area (Å²) >= 11 is 6.04. The zero-order valence-electron chi connectivity index (χ0n) is 22.2. The number of carbonyl (C=O) groups excluding carboxylic acids is 2. The highest BCUT2D eigenvalue weighted by molar-refractivity contribution is 6.30. The summed E-state index contributed by atoms with van der Waals surface area (Å²) in [5.41, 5.74) is 4.73. The van der Waals surface area contributed by atoms with Crippen molar-refractivity contribution in [3.8, 4) is 17.0 Å². The van der Waals surface area contributed by atoms with Gasteiger partial charge < -0.3 is 20.0 Å². The van der Waals surface area contributed by atoms with Crippen molar-refractivity contribution in [1.82, 2.24) is 20.3 Å². The third-order valence-electron chi connectivity index (χ3n) is 6.92. The van der Waals surface area contributed by atoms with Crippen LogP contribution < -0.4 is 10.1 Å². The number of aromatic nitrogens is 3. The van der Waals surface area contributed by atoms with E-state index in [1.54, 1.807) is 13.3 Å². The fourth-order valence-electron chi connectivity index (χ4n) is 4.71. The van der Waals surface area contributed by atoms with E-state index in [0.29, 0.717) is 29.5 Å². The van der Waals surface area contributed by atoms with Crippen molar-refractivity contribution >= 4 is 34.2 Å². The first-order valence-electron chi connectivity index (χ1n) is 13.1. The Labute approximate surface area is 228 Å². The number of aromatic amines is 2. The third kappa shape index (κ3) is 6.84. The average Bonchev–Trinajstić information content (AvgIpc) is 3.52. The first-order chi connectivity index (χ1) is 18.4. The Morgan fingerprint density at radius 3 is 2.61 bits per heavy atom. The highest BCUT2D eigenvalue weighted by Crippen LogP contribution is 2.28. The van der Waals surface area contributed by atoms with Crippen LogP contribution in [0.5, 0.6) is 5.75 Å². The summed E-state index contributed by atoms with van der Waals surface area (Å²) in [5, 5.41) is 4.87. The molecule has 38 heavy (non-hydrogen) atoms. The Morgan fingerprint density at radius 2 is 1.87 bits per heavy atom. The Balaban J connectivity index is 1.49. The molecule has 0 spiro atoms. The number of hydrogen-bond donors (Lipinski definition) is 3. The van der Waals surface area contributed by atoms with Crippen LogP contribution in [0.3, 0.4) is 0 Å². The minimum absolute atomic E-state index is 0.0765. The van der Waals surface area contributed by atoms with Crippen LogP contribution in [0.15, 0.2) is 48.7 Å². The number of carbonyl (C=O) groups is 2. The van der Waals surface area contributed by atoms with Crippen LogP contribution >= 0.6 is 11.6 Å². The first kappa shape index (κ1) is 27.5. The lowest BCUT2D eigenvalue weighted by molar-refractivity contribution is -0.121. The number of halogens is 1. The molecule has 2 heterocycles. The molecule has 0 aliphatic carbocycles. The van der Waals surface area contributed by atoms with Crippen molar-refractivity contribution in [1.29, 1.82) is 0 Å². The van der Waals surface area contributed by atoms with Crippen molar-refractivity contribution < 1.29 is 14.3 Å². The van der Waals surface area contributed by atoms with E-state index in [0.717, 1.165) is 64.9 Å². The highest BCUT2D eigenvalue weighted by Gasteiger charge is 2.20. The molecule has 8 heteroatoms. The Morgan fingerprint density at radius 1 is 1.08 bits per heavy atom. The number of ketones is 1. The van der Waals surface area contributed by atoms with Crippen LogP contribution in [0.25, 0.3) is 22.2 Å². The second kappa shape index (κ2) is 12.8. The van der Waals surface area contributed by atoms with Crippen molar-refractivity contribution in [3.63, 3.8) is 0 Å². The summed E-state index contributed by atoms with van der Waals surface area (Å²) in [7, 11) is 1.64. The number of nitrogens with zero attached hydrogens (tertiary/aromatic N) is 1. The number of imidazole rings is 1. The van der Waals surface area contributed by atoms with Gasteiger partial charge in [0, 0.05) is 34.5 Å². The molecule has 0 fully saturated rings. The first-order valence-corrected chi connectivity index (χ1v) is 13.5. The van der Waals surface area contributed by atoms with Gasteiger partial charge in [-0.25, -0.2) is 4.98 Å². The van der Waals surface area contributed by atoms with E-state index in [4.69, 9.17) is 16.3 Å². The van der Waals surface area contributed by atoms with Gasteiger partial charge in [-0.15, -0.1) is 0 Å². The maximum Gasteiger partial charge on any atom is 0.225 e. The molecule has 7 nitrogen and oxygen atoms in total. The van der Waals surface area contributed by atoms with E-state index < -0.39 is 0 Å². The predicted molar refractivity (Wildman–Crippen MR) is 152 cm³/mol. The number of benzene rings is 2. The molecule has 2 aromatic heterocycles. The normalized spacial score (nSPS) is 12.0. The van der Waals surface area contributed by atoms with Gasteiger partial charge in [0.05, 0.1) is 31.5 Å². The molecule has 0 aliphatic rings. The van der Waals surface area contributed by atoms with Crippen LogP contribution in [-0.2, 0) is 16.0 Å². The van der Waals surface area contributed by atoms with Crippen LogP contribution in [0, 0.1) is 6.92 Å². The minimum atomic E-state index is -0.273. The minimum Gasteiger partial charge on any atom is -0.497 e. The lowest BCUT2D eigenvalue weighted by Crippen LogP contribution is -2.30. The number of nitrogens with one attached hydrogen (secondary N) is 3. The van der Waals surface area contributed by atoms with E-state index in [1.807, 2.05) is 56.3 Å². The van der Waals surface area contributed by atoms with Crippen molar-refractivity contribution in [2.75, 3.05) is 7.11 Å². The maximum absolute atomic E-state index is 13.3. The molecule has 4 aromatic rings. The number of Topliss-reactive ketones (excluding diaryl/α,β-unsaturated/α-hetero) is 1. The van der Waals surface area contributed by atoms with Crippen LogP contribution in [0.2, 0.25) is 5.02 Å². The van der Waals surface area contributed by atoms with Gasteiger partial charge in [-0.2, -0.15) is 0 Å². The van der Waals surface area contributed by atoms with Crippen LogP contribution in [0.1, 0.15) is 68.6 Å². The Kier molecular flexibility index (Phi) is 9.24. The second-order valence-electron chi connectivity index (χ2n) is 9.62. The van der Waals surface area contributed by atoms with Gasteiger partial charge in [0.2, 0.25) is 5.91 Å². The number of ether oxygens (including phenoxy) is 1. The maximum atomic E-state index is 13.3. The molecule has 0 unspecified atom stereocenters. The molecule has 4 rings (SSSR count). The van der Waals surface area contributed by atoms with Gasteiger partial charge in [0.1, 0.15) is 17.4 Å². The van der Waals surface area contributed by atoms with E-state index in [2.05, 4.69) is 20.3 Å². The van der Waals surface area contributed by atoms with E-state index in [-0.39, 0.29) is 18.4 Å². The number of fused-ring (bicyclic) bond motifs is 1. The van der Waals surface area contributed by atoms with E-state index >= 15 is 0 Å². The lowest BCUT2D eigenvalue weighted by atomic mass is 10.0. The molecule has 2 aromatic carbocycles. The molecule has 3 N–H and O–H groups in total. The zero-order chi connectivity index (χ0) is 27.1. The van der Waals surface area contributed by atoms with Crippen molar-refractivity contribution in [2.24, 2.45) is 0 Å². The summed E-state index contributed by atoms with van der Waals surface area (Å²) < 4.78 is 5.39. The summed E-state index contributed by atoms with van der Waals surface area (Å²) in [5.74, 6) is 1.68. The van der Waals surface area contributed by atoms with E-state index in [1.165, 1.54) is 0 Å². The molecule has 0 saturated heterocycles. The van der Waals surface area contributed by atoms with Gasteiger partial charge in [-0.3, -0.25) is 9.59 Å². The van der Waals surface area contributed by atoms with E-state index in [9.17, 15) is 9.59 Å². The zero-order valence-corrected chi connectivity index (χ0v) is 23.0. The average molecular weight is 535 g/mol. The van der Waals surface area contributed by atoms with Gasteiger partial charge in [0.25, 0.3) is 0 Å². The number of H-pyrrole nitrogens is 2. The number of rotatable bonds is 13. The summed E-state index contributed by atoms with van der Waals surface area (Å²) in [4.78, 5) is 36.3. The molecule has 1 atom stereocenters. The molecule has 0 radical (unpaired) electrons.